The molecule has 0 aromatic carbocycles. The first-order chi connectivity index (χ1) is 43.7. The molecular weight excluding hydrogens is 1110 g/mol. The van der Waals surface area contributed by atoms with Crippen molar-refractivity contribution < 1.29 is 49.3 Å². The molecule has 0 bridgehead atoms. The lowest BCUT2D eigenvalue weighted by Crippen LogP contribution is -2.60. The molecule has 0 spiro atoms. The first-order valence-electron chi connectivity index (χ1n) is 38.8. The van der Waals surface area contributed by atoms with Gasteiger partial charge in [-0.2, -0.15) is 0 Å². The third kappa shape index (κ3) is 56.0. The van der Waals surface area contributed by atoms with Gasteiger partial charge in [-0.25, -0.2) is 0 Å². The Labute approximate surface area is 549 Å². The van der Waals surface area contributed by atoms with Crippen molar-refractivity contribution >= 4 is 11.9 Å². The number of esters is 1. The van der Waals surface area contributed by atoms with Crippen LogP contribution in [0.15, 0.2) is 36.5 Å². The van der Waals surface area contributed by atoms with Gasteiger partial charge in [0.1, 0.15) is 24.4 Å². The maximum atomic E-state index is 13.1. The van der Waals surface area contributed by atoms with Gasteiger partial charge in [-0.1, -0.05) is 339 Å². The summed E-state index contributed by atoms with van der Waals surface area (Å²) < 4.78 is 16.8. The Hall–Kier alpha value is -2.12. The highest BCUT2D eigenvalue weighted by molar-refractivity contribution is 5.76. The Balaban J connectivity index is 1.93. The van der Waals surface area contributed by atoms with Crippen LogP contribution in [0.4, 0.5) is 0 Å². The van der Waals surface area contributed by atoms with Crippen LogP contribution in [-0.4, -0.2) is 100 Å². The summed E-state index contributed by atoms with van der Waals surface area (Å²) in [5.74, 6) is -0.171. The van der Waals surface area contributed by atoms with Crippen LogP contribution in [0.5, 0.6) is 0 Å². The van der Waals surface area contributed by atoms with Crippen molar-refractivity contribution in [2.45, 2.75) is 429 Å². The minimum Gasteiger partial charge on any atom is -0.466 e. The third-order valence-electron chi connectivity index (χ3n) is 18.5. The molecule has 11 nitrogen and oxygen atoms in total. The Morgan fingerprint density at radius 1 is 0.404 bits per heavy atom. The van der Waals surface area contributed by atoms with Gasteiger partial charge in [0, 0.05) is 12.8 Å². The van der Waals surface area contributed by atoms with Gasteiger partial charge in [0.15, 0.2) is 6.29 Å². The fourth-order valence-electron chi connectivity index (χ4n) is 12.4. The average molecular weight is 1260 g/mol. The number of ether oxygens (including phenoxy) is 3. The topological polar surface area (TPSA) is 175 Å². The molecule has 7 unspecified atom stereocenters. The molecule has 7 atom stereocenters. The molecule has 0 aromatic rings. The molecule has 6 N–H and O–H groups in total. The van der Waals surface area contributed by atoms with Crippen LogP contribution in [0, 0.1) is 0 Å². The Kier molecular flexibility index (Phi) is 64.2. The molecule has 0 aliphatic carbocycles. The molecular formula is C78H147NO10. The number of hydrogen-bond donors (Lipinski definition) is 6. The third-order valence-corrected chi connectivity index (χ3v) is 18.5. The zero-order valence-corrected chi connectivity index (χ0v) is 58.4. The molecule has 0 saturated carbocycles. The monoisotopic (exact) mass is 1260 g/mol. The van der Waals surface area contributed by atoms with Crippen LogP contribution in [0.1, 0.15) is 386 Å². The van der Waals surface area contributed by atoms with Crippen molar-refractivity contribution in [2.75, 3.05) is 19.8 Å². The van der Waals surface area contributed by atoms with Crippen molar-refractivity contribution in [2.24, 2.45) is 0 Å². The number of allylic oxidation sites excluding steroid dienone is 5. The van der Waals surface area contributed by atoms with E-state index in [0.717, 1.165) is 51.4 Å². The van der Waals surface area contributed by atoms with Crippen LogP contribution < -0.4 is 5.32 Å². The van der Waals surface area contributed by atoms with E-state index in [9.17, 15) is 35.1 Å². The van der Waals surface area contributed by atoms with E-state index in [4.69, 9.17) is 14.2 Å². The average Bonchev–Trinajstić information content (AvgIpc) is 3.63. The summed E-state index contributed by atoms with van der Waals surface area (Å²) in [4.78, 5) is 25.1. The van der Waals surface area contributed by atoms with Crippen LogP contribution in [0.2, 0.25) is 0 Å². The van der Waals surface area contributed by atoms with Crippen molar-refractivity contribution in [3.8, 4) is 0 Å². The van der Waals surface area contributed by atoms with Crippen LogP contribution in [-0.2, 0) is 23.8 Å². The second kappa shape index (κ2) is 67.3. The van der Waals surface area contributed by atoms with Crippen molar-refractivity contribution in [1.29, 1.82) is 0 Å². The zero-order chi connectivity index (χ0) is 64.4. The molecule has 1 aliphatic heterocycles. The SMILES string of the molecule is CCCCCCCCCC/C=C/CC/C=C/C(O)C(COC1OC(CO)C(O)C(O)C1O)NC(=O)CCCCCCCCCCCCCCCCCCC/C=C\CCCCCCCCCCCCCCCCOC(=O)CCCCCCCCCCCCCC. The lowest BCUT2D eigenvalue weighted by Gasteiger charge is -2.40. The quantitative estimate of drug-likeness (QED) is 0.0195. The van der Waals surface area contributed by atoms with E-state index < -0.39 is 49.5 Å². The van der Waals surface area contributed by atoms with Gasteiger partial charge in [-0.15, -0.1) is 0 Å². The second-order valence-electron chi connectivity index (χ2n) is 27.1. The van der Waals surface area contributed by atoms with E-state index in [0.29, 0.717) is 19.4 Å². The summed E-state index contributed by atoms with van der Waals surface area (Å²) in [5.41, 5.74) is 0. The maximum absolute atomic E-state index is 13.1. The van der Waals surface area contributed by atoms with Crippen LogP contribution >= 0.6 is 0 Å². The smallest absolute Gasteiger partial charge is 0.305 e. The Morgan fingerprint density at radius 2 is 0.730 bits per heavy atom. The number of carbonyl (C=O) groups excluding carboxylic acids is 2. The second-order valence-corrected chi connectivity index (χ2v) is 27.1. The summed E-state index contributed by atoms with van der Waals surface area (Å²) in [6.07, 6.45) is 77.4. The number of aliphatic hydroxyl groups is 5. The van der Waals surface area contributed by atoms with Gasteiger partial charge in [-0.05, 0) is 70.6 Å². The molecule has 11 heteroatoms. The predicted octanol–water partition coefficient (Wildman–Crippen LogP) is 20.5. The largest absolute Gasteiger partial charge is 0.466 e. The molecule has 1 aliphatic rings. The number of rotatable bonds is 69. The van der Waals surface area contributed by atoms with E-state index in [1.54, 1.807) is 6.08 Å². The molecule has 1 heterocycles. The van der Waals surface area contributed by atoms with Gasteiger partial charge in [0.05, 0.1) is 32.0 Å². The van der Waals surface area contributed by atoms with E-state index in [2.05, 4.69) is 43.5 Å². The van der Waals surface area contributed by atoms with E-state index in [-0.39, 0.29) is 18.5 Å². The Bertz CT molecular complexity index is 1570. The lowest BCUT2D eigenvalue weighted by molar-refractivity contribution is -0.302. The zero-order valence-electron chi connectivity index (χ0n) is 58.4. The number of aliphatic hydroxyl groups excluding tert-OH is 5. The van der Waals surface area contributed by atoms with Crippen LogP contribution in [0.3, 0.4) is 0 Å². The van der Waals surface area contributed by atoms with Crippen LogP contribution in [0.25, 0.3) is 0 Å². The van der Waals surface area contributed by atoms with Crippen molar-refractivity contribution in [1.82, 2.24) is 5.32 Å². The minimum absolute atomic E-state index is 0.0146. The highest BCUT2D eigenvalue weighted by Gasteiger charge is 2.44. The fraction of sp³-hybridized carbons (Fsp3) is 0.897. The molecule has 1 saturated heterocycles. The van der Waals surface area contributed by atoms with Gasteiger partial charge >= 0.3 is 5.97 Å². The predicted molar refractivity (Wildman–Crippen MR) is 375 cm³/mol. The number of unbranched alkanes of at least 4 members (excludes halogenated alkanes) is 51. The van der Waals surface area contributed by atoms with Gasteiger partial charge in [0.25, 0.3) is 0 Å². The molecule has 89 heavy (non-hydrogen) atoms. The molecule has 524 valence electrons. The standard InChI is InChI=1S/C78H147NO10/c1-3-5-7-9-11-13-15-17-41-44-48-52-56-60-64-71(81)70(69-88-78-77(86)76(85)75(84)72(68-80)89-78)79-73(82)65-61-57-53-49-45-42-39-37-35-33-31-29-27-25-23-21-19-18-20-22-24-26-28-30-32-34-36-38-40-43-47-51-55-59-63-67-87-74(83)66-62-58-54-50-46-16-14-12-10-8-6-4-2/h20,22,44,48,60,64,70-72,75-78,80-81,84-86H,3-19,21,23-43,45-47,49-59,61-63,65-69H2,1-2H3,(H,79,82)/b22-20-,48-44+,64-60+. The van der Waals surface area contributed by atoms with Gasteiger partial charge in [-0.3, -0.25) is 9.59 Å². The number of carbonyl (C=O) groups is 2. The number of nitrogens with one attached hydrogen (secondary N) is 1. The maximum Gasteiger partial charge on any atom is 0.305 e. The molecule has 0 radical (unpaired) electrons. The lowest BCUT2D eigenvalue weighted by atomic mass is 9.99. The normalized spacial score (nSPS) is 17.9. The summed E-state index contributed by atoms with van der Waals surface area (Å²) >= 11 is 0. The summed E-state index contributed by atoms with van der Waals surface area (Å²) in [6, 6.07) is -0.825. The van der Waals surface area contributed by atoms with Gasteiger partial charge in [0.2, 0.25) is 5.91 Å². The number of hydrogen-bond acceptors (Lipinski definition) is 10. The van der Waals surface area contributed by atoms with Crippen molar-refractivity contribution in [3.63, 3.8) is 0 Å². The minimum atomic E-state index is -1.58. The summed E-state index contributed by atoms with van der Waals surface area (Å²) in [5, 5.41) is 54.5. The first-order valence-corrected chi connectivity index (χ1v) is 38.8. The fourth-order valence-corrected chi connectivity index (χ4v) is 12.4. The van der Waals surface area contributed by atoms with Gasteiger partial charge < -0.3 is 45.1 Å². The first kappa shape index (κ1) is 84.9. The highest BCUT2D eigenvalue weighted by atomic mass is 16.7. The Morgan fingerprint density at radius 3 is 1.11 bits per heavy atom. The van der Waals surface area contributed by atoms with E-state index >= 15 is 0 Å². The summed E-state index contributed by atoms with van der Waals surface area (Å²) in [6.45, 7) is 4.37. The summed E-state index contributed by atoms with van der Waals surface area (Å²) in [7, 11) is 0. The van der Waals surface area contributed by atoms with E-state index in [1.807, 2.05) is 6.08 Å². The number of amides is 1. The van der Waals surface area contributed by atoms with E-state index in [1.165, 1.54) is 308 Å². The van der Waals surface area contributed by atoms with Crippen molar-refractivity contribution in [3.05, 3.63) is 36.5 Å². The molecule has 1 amide bonds. The molecule has 1 fully saturated rings. The molecule has 1 rings (SSSR count). The molecule has 0 aromatic heterocycles. The highest BCUT2D eigenvalue weighted by Crippen LogP contribution is 2.24.